The van der Waals surface area contributed by atoms with E-state index < -0.39 is 18.7 Å². The Labute approximate surface area is 138 Å². The molecule has 2 N–H and O–H groups in total. The highest BCUT2D eigenvalue weighted by atomic mass is 19.4. The van der Waals surface area contributed by atoms with Crippen molar-refractivity contribution in [1.82, 2.24) is 19.8 Å². The van der Waals surface area contributed by atoms with Crippen molar-refractivity contribution in [1.29, 1.82) is 0 Å². The van der Waals surface area contributed by atoms with Gasteiger partial charge in [0.05, 0.1) is 12.8 Å². The molecule has 0 saturated carbocycles. The average molecular weight is 348 g/mol. The molecule has 1 unspecified atom stereocenters. The van der Waals surface area contributed by atoms with Crippen molar-refractivity contribution in [3.63, 3.8) is 0 Å². The molecule has 1 amide bonds. The smallest absolute Gasteiger partial charge is 0.385 e. The number of nitrogens with zero attached hydrogens (tertiary/aromatic N) is 3. The maximum absolute atomic E-state index is 12.3. The van der Waals surface area contributed by atoms with E-state index in [2.05, 4.69) is 10.3 Å². The van der Waals surface area contributed by atoms with Gasteiger partial charge in [0.25, 0.3) is 0 Å². The number of alkyl halides is 3. The minimum Gasteiger partial charge on any atom is -0.385 e. The number of carbonyl (C=O) groups is 1. The van der Waals surface area contributed by atoms with Gasteiger partial charge in [-0.2, -0.15) is 13.2 Å². The molecule has 1 aliphatic heterocycles. The molecule has 1 saturated heterocycles. The number of piperidine rings is 1. The van der Waals surface area contributed by atoms with Crippen LogP contribution in [0.15, 0.2) is 12.4 Å². The highest BCUT2D eigenvalue weighted by Crippen LogP contribution is 2.23. The number of rotatable bonds is 6. The van der Waals surface area contributed by atoms with E-state index in [4.69, 9.17) is 0 Å². The largest absolute Gasteiger partial charge is 0.390 e. The van der Waals surface area contributed by atoms with Crippen LogP contribution in [0.25, 0.3) is 0 Å². The molecule has 1 aromatic rings. The van der Waals surface area contributed by atoms with E-state index in [-0.39, 0.29) is 24.7 Å². The zero-order valence-corrected chi connectivity index (χ0v) is 13.6. The number of aliphatic hydroxyl groups excluding tert-OH is 1. The van der Waals surface area contributed by atoms with Crippen LogP contribution in [0.1, 0.15) is 37.6 Å². The van der Waals surface area contributed by atoms with Gasteiger partial charge in [-0.25, -0.2) is 4.98 Å². The molecular formula is C15H23F3N4O2. The van der Waals surface area contributed by atoms with Crippen LogP contribution in [0.2, 0.25) is 0 Å². The van der Waals surface area contributed by atoms with Gasteiger partial charge in [0.1, 0.15) is 11.9 Å². The molecule has 0 aliphatic carbocycles. The number of aromatic nitrogens is 2. The molecule has 24 heavy (non-hydrogen) atoms. The molecule has 0 aromatic carbocycles. The molecule has 0 spiro atoms. The summed E-state index contributed by atoms with van der Waals surface area (Å²) in [5.74, 6) is -0.111. The van der Waals surface area contributed by atoms with E-state index in [1.54, 1.807) is 4.90 Å². The fourth-order valence-electron chi connectivity index (χ4n) is 2.86. The van der Waals surface area contributed by atoms with E-state index in [0.29, 0.717) is 19.1 Å². The zero-order valence-electron chi connectivity index (χ0n) is 13.6. The number of imidazole rings is 1. The molecule has 6 nitrogen and oxygen atoms in total. The van der Waals surface area contributed by atoms with Gasteiger partial charge in [-0.1, -0.05) is 0 Å². The topological polar surface area (TPSA) is 70.4 Å². The lowest BCUT2D eigenvalue weighted by Gasteiger charge is -2.32. The Morgan fingerprint density at radius 1 is 1.46 bits per heavy atom. The average Bonchev–Trinajstić information content (AvgIpc) is 3.01. The Morgan fingerprint density at radius 2 is 2.12 bits per heavy atom. The third-order valence-electron chi connectivity index (χ3n) is 4.31. The molecule has 2 rings (SSSR count). The summed E-state index contributed by atoms with van der Waals surface area (Å²) in [6, 6.07) is 0.389. The van der Waals surface area contributed by atoms with Gasteiger partial charge in [0, 0.05) is 38.1 Å². The van der Waals surface area contributed by atoms with E-state index in [0.717, 1.165) is 12.8 Å². The second-order valence-corrected chi connectivity index (χ2v) is 6.01. The van der Waals surface area contributed by atoms with Crippen LogP contribution in [-0.4, -0.2) is 57.8 Å². The monoisotopic (exact) mass is 348 g/mol. The SMILES string of the molecule is CNC1CCN(C(=O)CC(O)c2nccn2CCC(F)(F)F)CC1. The molecular weight excluding hydrogens is 325 g/mol. The summed E-state index contributed by atoms with van der Waals surface area (Å²) in [5, 5.41) is 13.4. The summed E-state index contributed by atoms with van der Waals surface area (Å²) in [6.45, 7) is 0.900. The second-order valence-electron chi connectivity index (χ2n) is 6.01. The minimum absolute atomic E-state index is 0.0951. The third-order valence-corrected chi connectivity index (χ3v) is 4.31. The van der Waals surface area contributed by atoms with Crippen LogP contribution in [0.4, 0.5) is 13.2 Å². The lowest BCUT2D eigenvalue weighted by Crippen LogP contribution is -2.44. The Kier molecular flexibility index (Phi) is 6.22. The molecule has 136 valence electrons. The van der Waals surface area contributed by atoms with Crippen molar-refractivity contribution in [2.75, 3.05) is 20.1 Å². The Bertz CT molecular complexity index is 539. The van der Waals surface area contributed by atoms with Crippen molar-refractivity contribution in [2.24, 2.45) is 0 Å². The van der Waals surface area contributed by atoms with E-state index in [9.17, 15) is 23.1 Å². The van der Waals surface area contributed by atoms with Crippen LogP contribution in [0.5, 0.6) is 0 Å². The van der Waals surface area contributed by atoms with Gasteiger partial charge in [-0.05, 0) is 19.9 Å². The first-order chi connectivity index (χ1) is 11.3. The van der Waals surface area contributed by atoms with E-state index in [1.165, 1.54) is 17.0 Å². The van der Waals surface area contributed by atoms with Gasteiger partial charge in [0.2, 0.25) is 5.91 Å². The highest BCUT2D eigenvalue weighted by Gasteiger charge is 2.29. The predicted octanol–water partition coefficient (Wildman–Crippen LogP) is 1.47. The number of amides is 1. The van der Waals surface area contributed by atoms with Crippen molar-refractivity contribution >= 4 is 5.91 Å². The number of aryl methyl sites for hydroxylation is 1. The van der Waals surface area contributed by atoms with E-state index in [1.807, 2.05) is 7.05 Å². The quantitative estimate of drug-likeness (QED) is 0.817. The Hall–Kier alpha value is -1.61. The van der Waals surface area contributed by atoms with Gasteiger partial charge >= 0.3 is 6.18 Å². The summed E-state index contributed by atoms with van der Waals surface area (Å²) >= 11 is 0. The number of hydrogen-bond donors (Lipinski definition) is 2. The molecule has 1 aromatic heterocycles. The molecule has 1 fully saturated rings. The first-order valence-corrected chi connectivity index (χ1v) is 8.01. The van der Waals surface area contributed by atoms with Crippen molar-refractivity contribution in [2.45, 2.75) is 50.6 Å². The van der Waals surface area contributed by atoms with Gasteiger partial charge < -0.3 is 19.9 Å². The van der Waals surface area contributed by atoms with Crippen LogP contribution in [0.3, 0.4) is 0 Å². The van der Waals surface area contributed by atoms with Crippen LogP contribution in [-0.2, 0) is 11.3 Å². The van der Waals surface area contributed by atoms with Crippen LogP contribution < -0.4 is 5.32 Å². The summed E-state index contributed by atoms with van der Waals surface area (Å²) in [6.07, 6.45) is -2.26. The van der Waals surface area contributed by atoms with Crippen LogP contribution >= 0.6 is 0 Å². The summed E-state index contributed by atoms with van der Waals surface area (Å²) in [5.41, 5.74) is 0. The highest BCUT2D eigenvalue weighted by molar-refractivity contribution is 5.76. The zero-order chi connectivity index (χ0) is 17.7. The number of carbonyl (C=O) groups excluding carboxylic acids is 1. The molecule has 1 aliphatic rings. The standard InChI is InChI=1S/C15H23F3N4O2/c1-19-11-2-6-21(7-3-11)13(24)10-12(23)14-20-5-9-22(14)8-4-15(16,17)18/h5,9,11-12,19,23H,2-4,6-8,10H2,1H3. The van der Waals surface area contributed by atoms with Crippen molar-refractivity contribution < 1.29 is 23.1 Å². The maximum atomic E-state index is 12.3. The Balaban J connectivity index is 1.89. The summed E-state index contributed by atoms with van der Waals surface area (Å²) < 4.78 is 38.2. The van der Waals surface area contributed by atoms with E-state index >= 15 is 0 Å². The first kappa shape index (κ1) is 18.7. The van der Waals surface area contributed by atoms with Crippen molar-refractivity contribution in [3.8, 4) is 0 Å². The maximum Gasteiger partial charge on any atom is 0.390 e. The lowest BCUT2D eigenvalue weighted by atomic mass is 10.0. The summed E-state index contributed by atoms with van der Waals surface area (Å²) in [7, 11) is 1.88. The molecule has 0 bridgehead atoms. The molecule has 0 radical (unpaired) electrons. The normalized spacial score (nSPS) is 18.0. The Morgan fingerprint density at radius 3 is 2.71 bits per heavy atom. The lowest BCUT2D eigenvalue weighted by molar-refractivity contribution is -0.138. The number of likely N-dealkylation sites (tertiary alicyclic amines) is 1. The van der Waals surface area contributed by atoms with Gasteiger partial charge in [-0.15, -0.1) is 0 Å². The predicted molar refractivity (Wildman–Crippen MR) is 81.1 cm³/mol. The van der Waals surface area contributed by atoms with Gasteiger partial charge in [-0.3, -0.25) is 4.79 Å². The minimum atomic E-state index is -4.28. The number of nitrogens with one attached hydrogen (secondary N) is 1. The first-order valence-electron chi connectivity index (χ1n) is 8.01. The molecule has 2 heterocycles. The number of hydrogen-bond acceptors (Lipinski definition) is 4. The van der Waals surface area contributed by atoms with Crippen LogP contribution in [0, 0.1) is 0 Å². The number of aliphatic hydroxyl groups is 1. The molecule has 9 heteroatoms. The summed E-state index contributed by atoms with van der Waals surface area (Å²) in [4.78, 5) is 17.8. The third kappa shape index (κ3) is 5.20. The number of halogens is 3. The fourth-order valence-corrected chi connectivity index (χ4v) is 2.86. The fraction of sp³-hybridized carbons (Fsp3) is 0.733. The second kappa shape index (κ2) is 7.98. The molecule has 1 atom stereocenters. The van der Waals surface area contributed by atoms with Gasteiger partial charge in [0.15, 0.2) is 0 Å². The van der Waals surface area contributed by atoms with Crippen molar-refractivity contribution in [3.05, 3.63) is 18.2 Å².